The van der Waals surface area contributed by atoms with E-state index in [9.17, 15) is 4.79 Å². The Balaban J connectivity index is 2.46. The smallest absolute Gasteiger partial charge is 0.357 e. The van der Waals surface area contributed by atoms with Gasteiger partial charge >= 0.3 is 5.97 Å². The van der Waals surface area contributed by atoms with Crippen LogP contribution in [-0.4, -0.2) is 22.8 Å². The van der Waals surface area contributed by atoms with Crippen LogP contribution in [0.15, 0.2) is 24.3 Å². The van der Waals surface area contributed by atoms with E-state index in [-0.39, 0.29) is 11.5 Å². The van der Waals surface area contributed by atoms with Crippen LogP contribution in [0.1, 0.15) is 17.4 Å². The van der Waals surface area contributed by atoms with E-state index in [4.69, 9.17) is 16.2 Å². The van der Waals surface area contributed by atoms with Crippen LogP contribution in [0.2, 0.25) is 0 Å². The van der Waals surface area contributed by atoms with Crippen molar-refractivity contribution >= 4 is 17.5 Å². The molecule has 0 fully saturated rings. The molecule has 1 aromatic heterocycles. The molecule has 0 spiro atoms. The fraction of sp³-hybridized carbons (Fsp3) is 0.167. The van der Waals surface area contributed by atoms with Gasteiger partial charge in [0.15, 0.2) is 11.5 Å². The van der Waals surface area contributed by atoms with Crippen molar-refractivity contribution < 1.29 is 9.53 Å². The standard InChI is InChI=1S/C12H14N4O2/c1-2-18-12(17)10-9(11(14)16-15-10)7-3-5-8(13)6-4-7/h3-6H,2,13H2,1H3,(H3,14,15,16). The quantitative estimate of drug-likeness (QED) is 0.560. The van der Waals surface area contributed by atoms with Crippen LogP contribution in [-0.2, 0) is 4.74 Å². The van der Waals surface area contributed by atoms with Gasteiger partial charge < -0.3 is 16.2 Å². The van der Waals surface area contributed by atoms with Gasteiger partial charge in [-0.05, 0) is 24.6 Å². The van der Waals surface area contributed by atoms with E-state index in [1.54, 1.807) is 31.2 Å². The largest absolute Gasteiger partial charge is 0.461 e. The second kappa shape index (κ2) is 4.79. The molecule has 18 heavy (non-hydrogen) atoms. The third-order valence-electron chi connectivity index (χ3n) is 2.47. The zero-order chi connectivity index (χ0) is 13.1. The van der Waals surface area contributed by atoms with E-state index in [0.717, 1.165) is 5.56 Å². The number of nitrogens with two attached hydrogens (primary N) is 2. The van der Waals surface area contributed by atoms with Crippen molar-refractivity contribution in [3.63, 3.8) is 0 Å². The molecule has 6 nitrogen and oxygen atoms in total. The van der Waals surface area contributed by atoms with Gasteiger partial charge in [-0.2, -0.15) is 5.10 Å². The zero-order valence-corrected chi connectivity index (χ0v) is 9.93. The topological polar surface area (TPSA) is 107 Å². The SMILES string of the molecule is CCOC(=O)c1[nH]nc(N)c1-c1ccc(N)cc1. The Morgan fingerprint density at radius 2 is 2.00 bits per heavy atom. The van der Waals surface area contributed by atoms with Crippen molar-refractivity contribution in [2.75, 3.05) is 18.1 Å². The van der Waals surface area contributed by atoms with E-state index < -0.39 is 5.97 Å². The number of carbonyl (C=O) groups excluding carboxylic acids is 1. The fourth-order valence-corrected chi connectivity index (χ4v) is 1.65. The summed E-state index contributed by atoms with van der Waals surface area (Å²) in [5, 5.41) is 6.43. The van der Waals surface area contributed by atoms with Gasteiger partial charge in [0.1, 0.15) is 0 Å². The first kappa shape index (κ1) is 12.0. The molecule has 0 saturated carbocycles. The van der Waals surface area contributed by atoms with Crippen molar-refractivity contribution in [1.82, 2.24) is 10.2 Å². The highest BCUT2D eigenvalue weighted by Crippen LogP contribution is 2.28. The molecule has 0 unspecified atom stereocenters. The Morgan fingerprint density at radius 3 is 2.61 bits per heavy atom. The number of nitrogen functional groups attached to an aromatic ring is 2. The van der Waals surface area contributed by atoms with Crippen molar-refractivity contribution in [3.05, 3.63) is 30.0 Å². The number of aromatic amines is 1. The second-order valence-electron chi connectivity index (χ2n) is 3.70. The summed E-state index contributed by atoms with van der Waals surface area (Å²) in [5.41, 5.74) is 13.6. The number of hydrogen-bond acceptors (Lipinski definition) is 5. The van der Waals surface area contributed by atoms with Gasteiger partial charge in [0, 0.05) is 5.69 Å². The van der Waals surface area contributed by atoms with Crippen LogP contribution in [0.3, 0.4) is 0 Å². The van der Waals surface area contributed by atoms with Crippen LogP contribution in [0.5, 0.6) is 0 Å². The number of esters is 1. The number of carbonyl (C=O) groups is 1. The summed E-state index contributed by atoms with van der Waals surface area (Å²) in [5.74, 6) is -0.226. The van der Waals surface area contributed by atoms with Gasteiger partial charge in [0.05, 0.1) is 12.2 Å². The highest BCUT2D eigenvalue weighted by molar-refractivity contribution is 5.98. The molecular weight excluding hydrogens is 232 g/mol. The monoisotopic (exact) mass is 246 g/mol. The average molecular weight is 246 g/mol. The number of hydrogen-bond donors (Lipinski definition) is 3. The van der Waals surface area contributed by atoms with Crippen molar-refractivity contribution in [2.45, 2.75) is 6.92 Å². The lowest BCUT2D eigenvalue weighted by molar-refractivity contribution is 0.0520. The first-order valence-corrected chi connectivity index (χ1v) is 5.50. The van der Waals surface area contributed by atoms with Gasteiger partial charge in [-0.1, -0.05) is 12.1 Å². The molecule has 0 aliphatic rings. The number of nitrogens with zero attached hydrogens (tertiary/aromatic N) is 1. The molecule has 2 rings (SSSR count). The van der Waals surface area contributed by atoms with Crippen molar-refractivity contribution in [2.24, 2.45) is 0 Å². The van der Waals surface area contributed by atoms with Crippen LogP contribution in [0.4, 0.5) is 11.5 Å². The Hall–Kier alpha value is -2.50. The highest BCUT2D eigenvalue weighted by Gasteiger charge is 2.19. The molecule has 0 aliphatic carbocycles. The molecular formula is C12H14N4O2. The van der Waals surface area contributed by atoms with Crippen LogP contribution >= 0.6 is 0 Å². The van der Waals surface area contributed by atoms with E-state index in [1.807, 2.05) is 0 Å². The van der Waals surface area contributed by atoms with E-state index in [1.165, 1.54) is 0 Å². The molecule has 0 saturated heterocycles. The minimum atomic E-state index is -0.478. The number of rotatable bonds is 3. The summed E-state index contributed by atoms with van der Waals surface area (Å²) >= 11 is 0. The molecule has 0 aliphatic heterocycles. The number of ether oxygens (including phenoxy) is 1. The maximum Gasteiger partial charge on any atom is 0.357 e. The van der Waals surface area contributed by atoms with Gasteiger partial charge in [-0.15, -0.1) is 0 Å². The van der Waals surface area contributed by atoms with E-state index in [0.29, 0.717) is 17.9 Å². The minimum Gasteiger partial charge on any atom is -0.461 e. The summed E-state index contributed by atoms with van der Waals surface area (Å²) in [6, 6.07) is 7.02. The normalized spacial score (nSPS) is 10.3. The maximum absolute atomic E-state index is 11.7. The lowest BCUT2D eigenvalue weighted by atomic mass is 10.1. The molecule has 2 aromatic rings. The first-order valence-electron chi connectivity index (χ1n) is 5.50. The van der Waals surface area contributed by atoms with Gasteiger partial charge in [0.25, 0.3) is 0 Å². The van der Waals surface area contributed by atoms with Crippen molar-refractivity contribution in [1.29, 1.82) is 0 Å². The maximum atomic E-state index is 11.7. The van der Waals surface area contributed by atoms with Gasteiger partial charge in [0.2, 0.25) is 0 Å². The first-order chi connectivity index (χ1) is 8.63. The molecule has 0 amide bonds. The van der Waals surface area contributed by atoms with E-state index >= 15 is 0 Å². The average Bonchev–Trinajstić information content (AvgIpc) is 2.73. The Labute approximate surface area is 104 Å². The predicted octanol–water partition coefficient (Wildman–Crippen LogP) is 1.42. The van der Waals surface area contributed by atoms with Crippen LogP contribution in [0, 0.1) is 0 Å². The fourth-order valence-electron chi connectivity index (χ4n) is 1.65. The Bertz CT molecular complexity index is 560. The lowest BCUT2D eigenvalue weighted by Crippen LogP contribution is -2.06. The van der Waals surface area contributed by atoms with E-state index in [2.05, 4.69) is 10.2 Å². The summed E-state index contributed by atoms with van der Waals surface area (Å²) < 4.78 is 4.94. The molecule has 94 valence electrons. The molecule has 0 atom stereocenters. The summed E-state index contributed by atoms with van der Waals surface area (Å²) in [6.45, 7) is 2.03. The predicted molar refractivity (Wildman–Crippen MR) is 68.8 cm³/mol. The third kappa shape index (κ3) is 2.13. The van der Waals surface area contributed by atoms with Crippen molar-refractivity contribution in [3.8, 4) is 11.1 Å². The number of anilines is 2. The molecule has 1 heterocycles. The molecule has 0 radical (unpaired) electrons. The molecule has 1 aromatic carbocycles. The Morgan fingerprint density at radius 1 is 1.33 bits per heavy atom. The number of H-pyrrole nitrogens is 1. The summed E-state index contributed by atoms with van der Waals surface area (Å²) in [4.78, 5) is 11.7. The van der Waals surface area contributed by atoms with Gasteiger partial charge in [-0.25, -0.2) is 4.79 Å². The summed E-state index contributed by atoms with van der Waals surface area (Å²) in [6.07, 6.45) is 0. The summed E-state index contributed by atoms with van der Waals surface area (Å²) in [7, 11) is 0. The number of benzene rings is 1. The van der Waals surface area contributed by atoms with Gasteiger partial charge in [-0.3, -0.25) is 5.10 Å². The molecule has 5 N–H and O–H groups in total. The highest BCUT2D eigenvalue weighted by atomic mass is 16.5. The second-order valence-corrected chi connectivity index (χ2v) is 3.70. The minimum absolute atomic E-state index is 0.249. The lowest BCUT2D eigenvalue weighted by Gasteiger charge is -2.04. The molecule has 0 bridgehead atoms. The third-order valence-corrected chi connectivity index (χ3v) is 2.47. The van der Waals surface area contributed by atoms with Crippen LogP contribution < -0.4 is 11.5 Å². The Kier molecular flexibility index (Phi) is 3.18. The number of aromatic nitrogens is 2. The zero-order valence-electron chi connectivity index (χ0n) is 9.93. The molecule has 6 heteroatoms. The van der Waals surface area contributed by atoms with Crippen LogP contribution in [0.25, 0.3) is 11.1 Å². The number of nitrogens with one attached hydrogen (secondary N) is 1.